The van der Waals surface area contributed by atoms with Gasteiger partial charge in [0.25, 0.3) is 0 Å². The first kappa shape index (κ1) is 9.52. The molecule has 70 valence electrons. The normalized spacial score (nSPS) is 35.3. The van der Waals surface area contributed by atoms with Gasteiger partial charge in [-0.25, -0.2) is 0 Å². The Hall–Kier alpha value is -0.570. The Morgan fingerprint density at radius 1 is 1.42 bits per heavy atom. The van der Waals surface area contributed by atoms with E-state index in [1.165, 1.54) is 0 Å². The lowest BCUT2D eigenvalue weighted by atomic mass is 9.74. The number of hydrogen-bond donors (Lipinski definition) is 1. The largest absolute Gasteiger partial charge is 0.481 e. The average Bonchev–Trinajstić information content (AvgIpc) is 2.15. The summed E-state index contributed by atoms with van der Waals surface area (Å²) in [5.74, 6) is -0.683. The van der Waals surface area contributed by atoms with Crippen LogP contribution in [0.3, 0.4) is 0 Å². The smallest absolute Gasteiger partial charge is 0.311 e. The summed E-state index contributed by atoms with van der Waals surface area (Å²) in [6.45, 7) is 6.69. The highest BCUT2D eigenvalue weighted by Crippen LogP contribution is 2.44. The molecule has 3 heteroatoms. The van der Waals surface area contributed by atoms with Crippen molar-refractivity contribution in [1.82, 2.24) is 4.90 Å². The Kier molecular flexibility index (Phi) is 1.95. The molecule has 0 radical (unpaired) electrons. The highest BCUT2D eigenvalue weighted by Gasteiger charge is 2.53. The standard InChI is InChI=1S/C9H17NO2/c1-8(2)9(3,7(11)12)5-6-10(8)4/h5-6H2,1-4H3,(H,11,12). The summed E-state index contributed by atoms with van der Waals surface area (Å²) in [6, 6.07) is 0. The van der Waals surface area contributed by atoms with Crippen LogP contribution >= 0.6 is 0 Å². The summed E-state index contributed by atoms with van der Waals surface area (Å²) < 4.78 is 0. The Morgan fingerprint density at radius 2 is 1.92 bits per heavy atom. The van der Waals surface area contributed by atoms with E-state index in [1.54, 1.807) is 0 Å². The molecule has 1 aliphatic rings. The molecule has 1 aliphatic heterocycles. The van der Waals surface area contributed by atoms with Gasteiger partial charge in [-0.05, 0) is 40.8 Å². The fourth-order valence-corrected chi connectivity index (χ4v) is 1.77. The molecule has 12 heavy (non-hydrogen) atoms. The molecule has 0 aromatic rings. The zero-order valence-corrected chi connectivity index (χ0v) is 8.22. The number of aliphatic carboxylic acids is 1. The Bertz CT molecular complexity index is 213. The molecule has 1 fully saturated rings. The number of nitrogens with zero attached hydrogens (tertiary/aromatic N) is 1. The van der Waals surface area contributed by atoms with E-state index in [0.717, 1.165) is 13.0 Å². The van der Waals surface area contributed by atoms with Gasteiger partial charge in [0.1, 0.15) is 0 Å². The Balaban J connectivity index is 3.01. The van der Waals surface area contributed by atoms with Crippen LogP contribution < -0.4 is 0 Å². The second-order valence-corrected chi connectivity index (χ2v) is 4.37. The topological polar surface area (TPSA) is 40.5 Å². The Morgan fingerprint density at radius 3 is 2.08 bits per heavy atom. The van der Waals surface area contributed by atoms with Gasteiger partial charge in [0.2, 0.25) is 0 Å². The van der Waals surface area contributed by atoms with Gasteiger partial charge in [-0.3, -0.25) is 4.79 Å². The third kappa shape index (κ3) is 0.959. The first-order valence-corrected chi connectivity index (χ1v) is 4.27. The van der Waals surface area contributed by atoms with Gasteiger partial charge in [-0.15, -0.1) is 0 Å². The van der Waals surface area contributed by atoms with E-state index in [1.807, 2.05) is 27.8 Å². The monoisotopic (exact) mass is 171 g/mol. The number of carboxylic acid groups (broad SMARTS) is 1. The summed E-state index contributed by atoms with van der Waals surface area (Å²) in [7, 11) is 1.98. The molecule has 1 unspecified atom stereocenters. The molecule has 0 spiro atoms. The minimum Gasteiger partial charge on any atom is -0.481 e. The van der Waals surface area contributed by atoms with E-state index < -0.39 is 11.4 Å². The molecular formula is C9H17NO2. The molecule has 0 amide bonds. The second kappa shape index (κ2) is 2.46. The van der Waals surface area contributed by atoms with Crippen molar-refractivity contribution in [1.29, 1.82) is 0 Å². The fraction of sp³-hybridized carbons (Fsp3) is 0.889. The van der Waals surface area contributed by atoms with Crippen molar-refractivity contribution in [2.24, 2.45) is 5.41 Å². The van der Waals surface area contributed by atoms with Gasteiger partial charge >= 0.3 is 5.97 Å². The maximum Gasteiger partial charge on any atom is 0.311 e. The lowest BCUT2D eigenvalue weighted by Gasteiger charge is -2.38. The van der Waals surface area contributed by atoms with Gasteiger partial charge in [0, 0.05) is 5.54 Å². The molecule has 1 rings (SSSR count). The second-order valence-electron chi connectivity index (χ2n) is 4.37. The van der Waals surface area contributed by atoms with Crippen molar-refractivity contribution >= 4 is 5.97 Å². The lowest BCUT2D eigenvalue weighted by Crippen LogP contribution is -2.49. The van der Waals surface area contributed by atoms with Gasteiger partial charge in [-0.1, -0.05) is 0 Å². The molecule has 0 saturated carbocycles. The number of carbonyl (C=O) groups is 1. The number of likely N-dealkylation sites (tertiary alicyclic amines) is 1. The molecule has 0 aromatic heterocycles. The van der Waals surface area contributed by atoms with Crippen LogP contribution in [0.5, 0.6) is 0 Å². The van der Waals surface area contributed by atoms with Crippen LogP contribution in [0.25, 0.3) is 0 Å². The van der Waals surface area contributed by atoms with E-state index in [9.17, 15) is 4.79 Å². The van der Waals surface area contributed by atoms with Crippen LogP contribution in [0.4, 0.5) is 0 Å². The quantitative estimate of drug-likeness (QED) is 0.644. The van der Waals surface area contributed by atoms with Crippen LogP contribution in [0.1, 0.15) is 27.2 Å². The predicted octanol–water partition coefficient (Wildman–Crippen LogP) is 1.19. The molecule has 3 nitrogen and oxygen atoms in total. The minimum atomic E-state index is -0.683. The first-order valence-electron chi connectivity index (χ1n) is 4.27. The summed E-state index contributed by atoms with van der Waals surface area (Å²) in [4.78, 5) is 13.2. The number of rotatable bonds is 1. The summed E-state index contributed by atoms with van der Waals surface area (Å²) in [6.07, 6.45) is 0.742. The van der Waals surface area contributed by atoms with E-state index in [-0.39, 0.29) is 5.54 Å². The maximum atomic E-state index is 11.1. The third-order valence-corrected chi connectivity index (χ3v) is 3.72. The van der Waals surface area contributed by atoms with E-state index >= 15 is 0 Å². The maximum absolute atomic E-state index is 11.1. The summed E-state index contributed by atoms with van der Waals surface area (Å²) >= 11 is 0. The molecule has 1 saturated heterocycles. The van der Waals surface area contributed by atoms with Crippen molar-refractivity contribution < 1.29 is 9.90 Å². The SMILES string of the molecule is CN1CCC(C)(C(=O)O)C1(C)C. The molecular weight excluding hydrogens is 154 g/mol. The molecule has 0 bridgehead atoms. The molecule has 1 heterocycles. The van der Waals surface area contributed by atoms with Crippen LogP contribution in [0.2, 0.25) is 0 Å². The van der Waals surface area contributed by atoms with Crippen LogP contribution in [-0.2, 0) is 4.79 Å². The van der Waals surface area contributed by atoms with Gasteiger partial charge < -0.3 is 10.0 Å². The Labute approximate surface area is 73.4 Å². The lowest BCUT2D eigenvalue weighted by molar-refractivity contribution is -0.152. The number of carboxylic acids is 1. The number of hydrogen-bond acceptors (Lipinski definition) is 2. The average molecular weight is 171 g/mol. The van der Waals surface area contributed by atoms with Crippen molar-refractivity contribution in [3.63, 3.8) is 0 Å². The van der Waals surface area contributed by atoms with E-state index in [2.05, 4.69) is 4.90 Å². The highest BCUT2D eigenvalue weighted by molar-refractivity contribution is 5.76. The summed E-state index contributed by atoms with van der Waals surface area (Å²) in [5.41, 5.74) is -0.833. The van der Waals surface area contributed by atoms with Crippen molar-refractivity contribution in [3.05, 3.63) is 0 Å². The van der Waals surface area contributed by atoms with E-state index in [0.29, 0.717) is 0 Å². The van der Waals surface area contributed by atoms with Gasteiger partial charge in [0.05, 0.1) is 5.41 Å². The highest BCUT2D eigenvalue weighted by atomic mass is 16.4. The molecule has 1 atom stereocenters. The van der Waals surface area contributed by atoms with Crippen LogP contribution in [-0.4, -0.2) is 35.1 Å². The molecule has 0 aromatic carbocycles. The van der Waals surface area contributed by atoms with E-state index in [4.69, 9.17) is 5.11 Å². The fourth-order valence-electron chi connectivity index (χ4n) is 1.77. The van der Waals surface area contributed by atoms with Gasteiger partial charge in [-0.2, -0.15) is 0 Å². The van der Waals surface area contributed by atoms with Crippen molar-refractivity contribution in [2.75, 3.05) is 13.6 Å². The zero-order valence-electron chi connectivity index (χ0n) is 8.22. The summed E-state index contributed by atoms with van der Waals surface area (Å²) in [5, 5.41) is 9.10. The van der Waals surface area contributed by atoms with Gasteiger partial charge in [0.15, 0.2) is 0 Å². The zero-order chi connectivity index (χ0) is 9.57. The minimum absolute atomic E-state index is 0.237. The van der Waals surface area contributed by atoms with Crippen LogP contribution in [0.15, 0.2) is 0 Å². The molecule has 1 N–H and O–H groups in total. The van der Waals surface area contributed by atoms with Crippen molar-refractivity contribution in [2.45, 2.75) is 32.7 Å². The predicted molar refractivity (Wildman–Crippen MR) is 47.1 cm³/mol. The first-order chi connectivity index (χ1) is 5.32. The van der Waals surface area contributed by atoms with Crippen molar-refractivity contribution in [3.8, 4) is 0 Å². The van der Waals surface area contributed by atoms with Crippen LogP contribution in [0, 0.1) is 5.41 Å². The third-order valence-electron chi connectivity index (χ3n) is 3.72. The molecule has 0 aliphatic carbocycles.